The highest BCUT2D eigenvalue weighted by molar-refractivity contribution is 5.03. The van der Waals surface area contributed by atoms with Gasteiger partial charge >= 0.3 is 0 Å². The van der Waals surface area contributed by atoms with Crippen molar-refractivity contribution in [2.45, 2.75) is 96.8 Å². The number of nitrogens with zero attached hydrogens (tertiary/aromatic N) is 1. The molecular formula is C22H37N. The van der Waals surface area contributed by atoms with E-state index in [-0.39, 0.29) is 5.41 Å². The Labute approximate surface area is 144 Å². The van der Waals surface area contributed by atoms with E-state index >= 15 is 0 Å². The van der Waals surface area contributed by atoms with Crippen LogP contribution in [0.15, 0.2) is 12.7 Å². The lowest BCUT2D eigenvalue weighted by atomic mass is 9.63. The lowest BCUT2D eigenvalue weighted by Gasteiger charge is -2.40. The van der Waals surface area contributed by atoms with Gasteiger partial charge in [0.1, 0.15) is 0 Å². The molecular weight excluding hydrogens is 278 g/mol. The summed E-state index contributed by atoms with van der Waals surface area (Å²) < 4.78 is 0. The molecule has 0 heterocycles. The van der Waals surface area contributed by atoms with Crippen LogP contribution in [0.3, 0.4) is 0 Å². The predicted molar refractivity (Wildman–Crippen MR) is 99.0 cm³/mol. The van der Waals surface area contributed by atoms with E-state index in [0.29, 0.717) is 0 Å². The quantitative estimate of drug-likeness (QED) is 0.348. The molecule has 2 saturated carbocycles. The highest BCUT2D eigenvalue weighted by Crippen LogP contribution is 2.47. The molecule has 2 fully saturated rings. The van der Waals surface area contributed by atoms with Gasteiger partial charge in [0, 0.05) is 0 Å². The van der Waals surface area contributed by atoms with Crippen molar-refractivity contribution in [1.29, 1.82) is 5.26 Å². The fourth-order valence-corrected chi connectivity index (χ4v) is 5.09. The van der Waals surface area contributed by atoms with E-state index in [4.69, 9.17) is 0 Å². The van der Waals surface area contributed by atoms with Gasteiger partial charge in [0.2, 0.25) is 0 Å². The number of allylic oxidation sites excluding steroid dienone is 1. The molecule has 0 saturated heterocycles. The monoisotopic (exact) mass is 315 g/mol. The topological polar surface area (TPSA) is 23.8 Å². The second kappa shape index (κ2) is 9.51. The molecule has 1 nitrogen and oxygen atoms in total. The maximum Gasteiger partial charge on any atom is 0.0689 e. The van der Waals surface area contributed by atoms with E-state index in [1.807, 2.05) is 6.08 Å². The Morgan fingerprint density at radius 3 is 2.26 bits per heavy atom. The van der Waals surface area contributed by atoms with Gasteiger partial charge in [-0.1, -0.05) is 51.5 Å². The molecule has 1 heteroatoms. The molecule has 23 heavy (non-hydrogen) atoms. The van der Waals surface area contributed by atoms with Crippen LogP contribution < -0.4 is 0 Å². The minimum atomic E-state index is -0.0257. The summed E-state index contributed by atoms with van der Waals surface area (Å²) in [6.45, 7) is 6.13. The van der Waals surface area contributed by atoms with Gasteiger partial charge in [-0.05, 0) is 69.1 Å². The molecule has 2 aliphatic carbocycles. The summed E-state index contributed by atoms with van der Waals surface area (Å²) in [5.74, 6) is 2.90. The van der Waals surface area contributed by atoms with Crippen molar-refractivity contribution >= 4 is 0 Å². The van der Waals surface area contributed by atoms with E-state index in [9.17, 15) is 5.26 Å². The number of nitriles is 1. The van der Waals surface area contributed by atoms with Gasteiger partial charge in [0.05, 0.1) is 11.5 Å². The Morgan fingerprint density at radius 1 is 1.04 bits per heavy atom. The van der Waals surface area contributed by atoms with Gasteiger partial charge in [-0.2, -0.15) is 5.26 Å². The van der Waals surface area contributed by atoms with E-state index < -0.39 is 0 Å². The maximum atomic E-state index is 9.62. The van der Waals surface area contributed by atoms with Crippen LogP contribution in [-0.2, 0) is 0 Å². The maximum absolute atomic E-state index is 9.62. The predicted octanol–water partition coefficient (Wildman–Crippen LogP) is 7.04. The molecule has 0 atom stereocenters. The molecule has 0 aromatic heterocycles. The van der Waals surface area contributed by atoms with E-state index in [1.165, 1.54) is 64.2 Å². The van der Waals surface area contributed by atoms with Gasteiger partial charge in [0.25, 0.3) is 0 Å². The molecule has 0 aromatic rings. The summed E-state index contributed by atoms with van der Waals surface area (Å²) in [6.07, 6.45) is 20.5. The highest BCUT2D eigenvalue weighted by atomic mass is 14.4. The van der Waals surface area contributed by atoms with E-state index in [1.54, 1.807) is 0 Å². The SMILES string of the molecule is C=CCC[C@]1(C#N)CC[C@@H](C2CCC(CCCCC)CC2)CC1. The van der Waals surface area contributed by atoms with Crippen LogP contribution in [0.5, 0.6) is 0 Å². The lowest BCUT2D eigenvalue weighted by molar-refractivity contribution is 0.116. The van der Waals surface area contributed by atoms with Crippen LogP contribution in [-0.4, -0.2) is 0 Å². The average molecular weight is 316 g/mol. The van der Waals surface area contributed by atoms with Crippen LogP contribution in [0.25, 0.3) is 0 Å². The summed E-state index contributed by atoms with van der Waals surface area (Å²) >= 11 is 0. The number of hydrogen-bond donors (Lipinski definition) is 0. The Bertz CT molecular complexity index is 375. The van der Waals surface area contributed by atoms with E-state index in [2.05, 4.69) is 19.6 Å². The zero-order valence-corrected chi connectivity index (χ0v) is 15.4. The van der Waals surface area contributed by atoms with Crippen molar-refractivity contribution in [2.75, 3.05) is 0 Å². The summed E-state index contributed by atoms with van der Waals surface area (Å²) in [5.41, 5.74) is -0.0257. The third-order valence-corrected chi connectivity index (χ3v) is 6.83. The molecule has 0 spiro atoms. The van der Waals surface area contributed by atoms with Crippen molar-refractivity contribution in [3.8, 4) is 6.07 Å². The molecule has 0 amide bonds. The Kier molecular flexibility index (Phi) is 7.68. The summed E-state index contributed by atoms with van der Waals surface area (Å²) in [6, 6.07) is 2.66. The second-order valence-electron chi connectivity index (χ2n) is 8.33. The highest BCUT2D eigenvalue weighted by Gasteiger charge is 2.38. The molecule has 2 rings (SSSR count). The van der Waals surface area contributed by atoms with Crippen molar-refractivity contribution in [3.63, 3.8) is 0 Å². The summed E-state index contributed by atoms with van der Waals surface area (Å²) in [5, 5.41) is 9.62. The number of unbranched alkanes of at least 4 members (excludes halogenated alkanes) is 2. The Morgan fingerprint density at radius 2 is 1.70 bits per heavy atom. The Hall–Kier alpha value is -0.770. The molecule has 130 valence electrons. The van der Waals surface area contributed by atoms with Gasteiger partial charge < -0.3 is 0 Å². The minimum absolute atomic E-state index is 0.0257. The first-order valence-electron chi connectivity index (χ1n) is 10.2. The van der Waals surface area contributed by atoms with Crippen LogP contribution in [0.1, 0.15) is 96.8 Å². The largest absolute Gasteiger partial charge is 0.198 e. The zero-order chi connectivity index (χ0) is 16.5. The van der Waals surface area contributed by atoms with Gasteiger partial charge in [0.15, 0.2) is 0 Å². The van der Waals surface area contributed by atoms with Crippen LogP contribution in [0.4, 0.5) is 0 Å². The molecule has 0 aliphatic heterocycles. The fraction of sp³-hybridized carbons (Fsp3) is 0.864. The van der Waals surface area contributed by atoms with Crippen LogP contribution in [0, 0.1) is 34.5 Å². The van der Waals surface area contributed by atoms with Gasteiger partial charge in [-0.3, -0.25) is 0 Å². The summed E-state index contributed by atoms with van der Waals surface area (Å²) in [7, 11) is 0. The van der Waals surface area contributed by atoms with Crippen molar-refractivity contribution in [1.82, 2.24) is 0 Å². The third kappa shape index (κ3) is 5.37. The molecule has 0 N–H and O–H groups in total. The first-order chi connectivity index (χ1) is 11.2. The standard InChI is InChI=1S/C22H37N/c1-3-5-7-8-19-9-11-20(12-10-19)21-13-16-22(18-23,17-14-21)15-6-4-2/h4,19-21H,2-3,5-17H2,1H3/t19?,20?,21-,22+. The first-order valence-corrected chi connectivity index (χ1v) is 10.2. The van der Waals surface area contributed by atoms with Crippen molar-refractivity contribution in [2.24, 2.45) is 23.2 Å². The lowest BCUT2D eigenvalue weighted by Crippen LogP contribution is -2.31. The Balaban J connectivity index is 1.72. The van der Waals surface area contributed by atoms with Crippen molar-refractivity contribution < 1.29 is 0 Å². The minimum Gasteiger partial charge on any atom is -0.198 e. The number of hydrogen-bond acceptors (Lipinski definition) is 1. The molecule has 0 radical (unpaired) electrons. The number of rotatable bonds is 8. The average Bonchev–Trinajstić information content (AvgIpc) is 2.61. The van der Waals surface area contributed by atoms with Crippen LogP contribution >= 0.6 is 0 Å². The van der Waals surface area contributed by atoms with Gasteiger partial charge in [-0.25, -0.2) is 0 Å². The summed E-state index contributed by atoms with van der Waals surface area (Å²) in [4.78, 5) is 0. The molecule has 0 bridgehead atoms. The second-order valence-corrected chi connectivity index (χ2v) is 8.33. The van der Waals surface area contributed by atoms with Gasteiger partial charge in [-0.15, -0.1) is 6.58 Å². The molecule has 2 aliphatic rings. The van der Waals surface area contributed by atoms with Crippen molar-refractivity contribution in [3.05, 3.63) is 12.7 Å². The van der Waals surface area contributed by atoms with E-state index in [0.717, 1.165) is 43.4 Å². The third-order valence-electron chi connectivity index (χ3n) is 6.83. The fourth-order valence-electron chi connectivity index (χ4n) is 5.09. The smallest absolute Gasteiger partial charge is 0.0689 e. The van der Waals surface area contributed by atoms with Crippen LogP contribution in [0.2, 0.25) is 0 Å². The molecule has 0 unspecified atom stereocenters. The first kappa shape index (κ1) is 18.6. The normalized spacial score (nSPS) is 34.7. The molecule has 0 aromatic carbocycles. The zero-order valence-electron chi connectivity index (χ0n) is 15.4.